The molecule has 0 saturated carbocycles. The predicted molar refractivity (Wildman–Crippen MR) is 89.5 cm³/mol. The molecule has 0 spiro atoms. The van der Waals surface area contributed by atoms with Crippen molar-refractivity contribution in [3.63, 3.8) is 0 Å². The first-order valence-corrected chi connectivity index (χ1v) is 8.17. The molecule has 122 valence electrons. The molecule has 5 heteroatoms. The molecule has 0 aromatic heterocycles. The maximum atomic E-state index is 10.7. The Labute approximate surface area is 132 Å². The SMILES string of the molecule is CCC1CNc2cc(CCNCCCNC(C)=O)ccc2O1. The normalized spacial score (nSPS) is 16.4. The van der Waals surface area contributed by atoms with Crippen molar-refractivity contribution in [2.24, 2.45) is 0 Å². The Hall–Kier alpha value is -1.75. The van der Waals surface area contributed by atoms with Gasteiger partial charge >= 0.3 is 0 Å². The summed E-state index contributed by atoms with van der Waals surface area (Å²) in [7, 11) is 0. The van der Waals surface area contributed by atoms with Crippen molar-refractivity contribution in [2.75, 3.05) is 31.5 Å². The summed E-state index contributed by atoms with van der Waals surface area (Å²) < 4.78 is 5.91. The zero-order valence-electron chi connectivity index (χ0n) is 13.6. The van der Waals surface area contributed by atoms with Gasteiger partial charge in [-0.3, -0.25) is 4.79 Å². The van der Waals surface area contributed by atoms with E-state index in [1.54, 1.807) is 6.92 Å². The van der Waals surface area contributed by atoms with E-state index in [0.29, 0.717) is 0 Å². The van der Waals surface area contributed by atoms with Crippen molar-refractivity contribution >= 4 is 11.6 Å². The molecule has 1 atom stereocenters. The molecular formula is C17H27N3O2. The van der Waals surface area contributed by atoms with E-state index in [1.165, 1.54) is 5.56 Å². The third-order valence-electron chi connectivity index (χ3n) is 3.81. The van der Waals surface area contributed by atoms with Crippen molar-refractivity contribution in [3.8, 4) is 5.75 Å². The van der Waals surface area contributed by atoms with Gasteiger partial charge in [0, 0.05) is 13.5 Å². The Balaban J connectivity index is 1.68. The molecule has 5 nitrogen and oxygen atoms in total. The molecule has 1 heterocycles. The first-order chi connectivity index (χ1) is 10.7. The Kier molecular flexibility index (Phi) is 6.52. The van der Waals surface area contributed by atoms with Gasteiger partial charge < -0.3 is 20.7 Å². The minimum Gasteiger partial charge on any atom is -0.486 e. The number of fused-ring (bicyclic) bond motifs is 1. The zero-order chi connectivity index (χ0) is 15.8. The summed E-state index contributed by atoms with van der Waals surface area (Å²) in [6.07, 6.45) is 3.25. The largest absolute Gasteiger partial charge is 0.486 e. The van der Waals surface area contributed by atoms with Gasteiger partial charge in [0.1, 0.15) is 11.9 Å². The van der Waals surface area contributed by atoms with Gasteiger partial charge in [-0.2, -0.15) is 0 Å². The Bertz CT molecular complexity index is 491. The summed E-state index contributed by atoms with van der Waals surface area (Å²) in [5.41, 5.74) is 2.41. The van der Waals surface area contributed by atoms with Gasteiger partial charge in [-0.15, -0.1) is 0 Å². The average molecular weight is 305 g/mol. The van der Waals surface area contributed by atoms with Crippen LogP contribution in [0.4, 0.5) is 5.69 Å². The maximum absolute atomic E-state index is 10.7. The van der Waals surface area contributed by atoms with Gasteiger partial charge in [0.2, 0.25) is 5.91 Å². The van der Waals surface area contributed by atoms with Crippen molar-refractivity contribution in [3.05, 3.63) is 23.8 Å². The van der Waals surface area contributed by atoms with Crippen LogP contribution >= 0.6 is 0 Å². The summed E-state index contributed by atoms with van der Waals surface area (Å²) in [5, 5.41) is 9.64. The lowest BCUT2D eigenvalue weighted by Crippen LogP contribution is -2.30. The fraction of sp³-hybridized carbons (Fsp3) is 0.588. The van der Waals surface area contributed by atoms with E-state index in [9.17, 15) is 4.79 Å². The highest BCUT2D eigenvalue weighted by Crippen LogP contribution is 2.30. The first-order valence-electron chi connectivity index (χ1n) is 8.17. The summed E-state index contributed by atoms with van der Waals surface area (Å²) in [4.78, 5) is 10.7. The summed E-state index contributed by atoms with van der Waals surface area (Å²) in [6, 6.07) is 6.38. The highest BCUT2D eigenvalue weighted by molar-refractivity contribution is 5.72. The average Bonchev–Trinajstić information content (AvgIpc) is 2.53. The predicted octanol–water partition coefficient (Wildman–Crippen LogP) is 1.93. The van der Waals surface area contributed by atoms with Gasteiger partial charge in [-0.05, 0) is 50.0 Å². The van der Waals surface area contributed by atoms with E-state index in [4.69, 9.17) is 4.74 Å². The van der Waals surface area contributed by atoms with Crippen LogP contribution in [0, 0.1) is 0 Å². The van der Waals surface area contributed by atoms with E-state index in [1.807, 2.05) is 0 Å². The molecule has 1 aromatic carbocycles. The van der Waals surface area contributed by atoms with E-state index in [-0.39, 0.29) is 12.0 Å². The number of carbonyl (C=O) groups is 1. The molecule has 3 N–H and O–H groups in total. The summed E-state index contributed by atoms with van der Waals surface area (Å²) in [6.45, 7) is 7.17. The highest BCUT2D eigenvalue weighted by atomic mass is 16.5. The van der Waals surface area contributed by atoms with Gasteiger partial charge in [-0.25, -0.2) is 0 Å². The quantitative estimate of drug-likeness (QED) is 0.642. The van der Waals surface area contributed by atoms with Gasteiger partial charge in [0.25, 0.3) is 0 Å². The van der Waals surface area contributed by atoms with Gasteiger partial charge in [0.05, 0.1) is 12.2 Å². The fourth-order valence-electron chi connectivity index (χ4n) is 2.48. The van der Waals surface area contributed by atoms with Crippen molar-refractivity contribution < 1.29 is 9.53 Å². The molecule has 0 radical (unpaired) electrons. The van der Waals surface area contributed by atoms with Gasteiger partial charge in [0.15, 0.2) is 0 Å². The van der Waals surface area contributed by atoms with E-state index >= 15 is 0 Å². The molecule has 0 saturated heterocycles. The number of ether oxygens (including phenoxy) is 1. The number of hydrogen-bond donors (Lipinski definition) is 3. The Morgan fingerprint density at radius 1 is 1.36 bits per heavy atom. The molecule has 0 fully saturated rings. The molecular weight excluding hydrogens is 278 g/mol. The molecule has 0 bridgehead atoms. The molecule has 1 aliphatic rings. The number of benzene rings is 1. The van der Waals surface area contributed by atoms with Crippen LogP contribution in [0.15, 0.2) is 18.2 Å². The van der Waals surface area contributed by atoms with E-state index in [0.717, 1.165) is 56.9 Å². The molecule has 1 amide bonds. The number of nitrogens with one attached hydrogen (secondary N) is 3. The lowest BCUT2D eigenvalue weighted by Gasteiger charge is -2.27. The van der Waals surface area contributed by atoms with Crippen molar-refractivity contribution in [1.29, 1.82) is 0 Å². The van der Waals surface area contributed by atoms with Crippen LogP contribution < -0.4 is 20.7 Å². The summed E-state index contributed by atoms with van der Waals surface area (Å²) >= 11 is 0. The number of hydrogen-bond acceptors (Lipinski definition) is 4. The van der Waals surface area contributed by atoms with Gasteiger partial charge in [-0.1, -0.05) is 13.0 Å². The Morgan fingerprint density at radius 2 is 2.23 bits per heavy atom. The molecule has 1 aliphatic heterocycles. The lowest BCUT2D eigenvalue weighted by molar-refractivity contribution is -0.118. The number of anilines is 1. The zero-order valence-corrected chi connectivity index (χ0v) is 13.6. The second-order valence-corrected chi connectivity index (χ2v) is 5.70. The Morgan fingerprint density at radius 3 is 3.00 bits per heavy atom. The number of rotatable bonds is 8. The van der Waals surface area contributed by atoms with Crippen LogP contribution in [-0.4, -0.2) is 38.2 Å². The van der Waals surface area contributed by atoms with Crippen LogP contribution in [-0.2, 0) is 11.2 Å². The van der Waals surface area contributed by atoms with Crippen molar-refractivity contribution in [2.45, 2.75) is 39.2 Å². The molecule has 2 rings (SSSR count). The first kappa shape index (κ1) is 16.6. The minimum atomic E-state index is 0.0362. The van der Waals surface area contributed by atoms with E-state index in [2.05, 4.69) is 41.1 Å². The number of amides is 1. The third-order valence-corrected chi connectivity index (χ3v) is 3.81. The molecule has 1 aromatic rings. The molecule has 1 unspecified atom stereocenters. The second kappa shape index (κ2) is 8.63. The monoisotopic (exact) mass is 305 g/mol. The smallest absolute Gasteiger partial charge is 0.216 e. The standard InChI is InChI=1S/C17H27N3O2/c1-3-15-12-20-16-11-14(5-6-17(16)22-15)7-10-18-8-4-9-19-13(2)21/h5-6,11,15,18,20H,3-4,7-10,12H2,1-2H3,(H,19,21). The van der Waals surface area contributed by atoms with Crippen molar-refractivity contribution in [1.82, 2.24) is 10.6 Å². The topological polar surface area (TPSA) is 62.4 Å². The maximum Gasteiger partial charge on any atom is 0.216 e. The van der Waals surface area contributed by atoms with E-state index < -0.39 is 0 Å². The van der Waals surface area contributed by atoms with Crippen LogP contribution in [0.1, 0.15) is 32.3 Å². The van der Waals surface area contributed by atoms with Crippen LogP contribution in [0.3, 0.4) is 0 Å². The lowest BCUT2D eigenvalue weighted by atomic mass is 10.1. The van der Waals surface area contributed by atoms with Crippen LogP contribution in [0.2, 0.25) is 0 Å². The highest BCUT2D eigenvalue weighted by Gasteiger charge is 2.17. The third kappa shape index (κ3) is 5.22. The molecule has 0 aliphatic carbocycles. The summed E-state index contributed by atoms with van der Waals surface area (Å²) in [5.74, 6) is 0.999. The van der Waals surface area contributed by atoms with Crippen LogP contribution in [0.5, 0.6) is 5.75 Å². The second-order valence-electron chi connectivity index (χ2n) is 5.70. The molecule has 22 heavy (non-hydrogen) atoms. The number of carbonyl (C=O) groups excluding carboxylic acids is 1. The minimum absolute atomic E-state index is 0.0362. The fourth-order valence-corrected chi connectivity index (χ4v) is 2.48. The van der Waals surface area contributed by atoms with Crippen LogP contribution in [0.25, 0.3) is 0 Å².